The summed E-state index contributed by atoms with van der Waals surface area (Å²) < 4.78 is 15.4. The second kappa shape index (κ2) is 12.8. The summed E-state index contributed by atoms with van der Waals surface area (Å²) in [6.07, 6.45) is 3.91. The van der Waals surface area contributed by atoms with E-state index in [1.54, 1.807) is 0 Å². The van der Waals surface area contributed by atoms with E-state index in [1.165, 1.54) is 6.61 Å². The van der Waals surface area contributed by atoms with Gasteiger partial charge < -0.3 is 14.2 Å². The quantitative estimate of drug-likeness (QED) is 0.399. The Labute approximate surface area is 111 Å². The van der Waals surface area contributed by atoms with Gasteiger partial charge in [-0.2, -0.15) is 0 Å². The van der Waals surface area contributed by atoms with Crippen molar-refractivity contribution in [3.05, 3.63) is 6.61 Å². The highest BCUT2D eigenvalue weighted by Crippen LogP contribution is 2.14. The minimum Gasteiger partial charge on any atom is -0.456 e. The predicted octanol–water partition coefficient (Wildman–Crippen LogP) is 2.96. The van der Waals surface area contributed by atoms with Crippen molar-refractivity contribution < 1.29 is 19.0 Å². The highest BCUT2D eigenvalue weighted by molar-refractivity contribution is 5.72. The first-order chi connectivity index (χ1) is 8.76. The third kappa shape index (κ3) is 9.42. The van der Waals surface area contributed by atoms with Gasteiger partial charge >= 0.3 is 5.97 Å². The number of carbonyl (C=O) groups is 1. The molecule has 0 heterocycles. The molecule has 0 aliphatic heterocycles. The van der Waals surface area contributed by atoms with Crippen LogP contribution in [0.15, 0.2) is 0 Å². The minimum absolute atomic E-state index is 0.0182. The van der Waals surface area contributed by atoms with Gasteiger partial charge in [-0.1, -0.05) is 26.7 Å². The second-order valence-electron chi connectivity index (χ2n) is 4.12. The molecule has 0 spiro atoms. The molecular formula is C14H27O4. The molecule has 0 aliphatic carbocycles. The largest absolute Gasteiger partial charge is 0.456 e. The molecule has 0 N–H and O–H groups in total. The molecule has 1 atom stereocenters. The topological polar surface area (TPSA) is 44.8 Å². The molecule has 4 nitrogen and oxygen atoms in total. The molecule has 18 heavy (non-hydrogen) atoms. The van der Waals surface area contributed by atoms with Crippen molar-refractivity contribution in [2.75, 3.05) is 26.4 Å². The lowest BCUT2D eigenvalue weighted by molar-refractivity contribution is -0.146. The lowest BCUT2D eigenvalue weighted by atomic mass is 10.00. The van der Waals surface area contributed by atoms with Gasteiger partial charge in [-0.05, 0) is 19.8 Å². The van der Waals surface area contributed by atoms with Gasteiger partial charge in [0.15, 0.2) is 6.61 Å². The summed E-state index contributed by atoms with van der Waals surface area (Å²) in [4.78, 5) is 11.7. The molecule has 0 saturated carbocycles. The number of hydrogen-bond acceptors (Lipinski definition) is 4. The average Bonchev–Trinajstić information content (AvgIpc) is 2.38. The van der Waals surface area contributed by atoms with Crippen LogP contribution in [0.2, 0.25) is 0 Å². The summed E-state index contributed by atoms with van der Waals surface area (Å²) >= 11 is 0. The Morgan fingerprint density at radius 3 is 2.50 bits per heavy atom. The first-order valence-corrected chi connectivity index (χ1v) is 6.93. The fraction of sp³-hybridized carbons (Fsp3) is 0.857. The molecule has 4 heteroatoms. The summed E-state index contributed by atoms with van der Waals surface area (Å²) in [5.74, 6) is -0.121. The van der Waals surface area contributed by atoms with E-state index in [1.807, 2.05) is 13.8 Å². The van der Waals surface area contributed by atoms with Crippen molar-refractivity contribution in [2.24, 2.45) is 5.92 Å². The van der Waals surface area contributed by atoms with E-state index in [9.17, 15) is 4.79 Å². The van der Waals surface area contributed by atoms with Crippen molar-refractivity contribution in [1.29, 1.82) is 0 Å². The number of carbonyl (C=O) groups excluding carboxylic acids is 1. The van der Waals surface area contributed by atoms with Crippen molar-refractivity contribution in [2.45, 2.75) is 46.5 Å². The Bertz CT molecular complexity index is 194. The molecule has 107 valence electrons. The van der Waals surface area contributed by atoms with E-state index in [-0.39, 0.29) is 11.9 Å². The molecule has 0 aromatic carbocycles. The summed E-state index contributed by atoms with van der Waals surface area (Å²) in [5, 5.41) is 0. The Morgan fingerprint density at radius 2 is 1.89 bits per heavy atom. The number of esters is 1. The zero-order chi connectivity index (χ0) is 13.6. The van der Waals surface area contributed by atoms with Crippen molar-refractivity contribution in [3.8, 4) is 0 Å². The zero-order valence-electron chi connectivity index (χ0n) is 11.9. The standard InChI is InChI=1S/C14H27O4/c1-4-7-8-13(5-2)14(15)18-12-11-17-10-9-16-6-3/h12-13H,4-11H2,1-3H3. The predicted molar refractivity (Wildman–Crippen MR) is 71.0 cm³/mol. The molecule has 0 aromatic heterocycles. The van der Waals surface area contributed by atoms with Crippen LogP contribution < -0.4 is 0 Å². The number of unbranched alkanes of at least 4 members (excludes halogenated alkanes) is 1. The summed E-state index contributed by atoms with van der Waals surface area (Å²) in [6, 6.07) is 0. The number of rotatable bonds is 12. The van der Waals surface area contributed by atoms with Crippen LogP contribution in [0.5, 0.6) is 0 Å². The van der Waals surface area contributed by atoms with Gasteiger partial charge in [0.25, 0.3) is 0 Å². The maximum atomic E-state index is 11.7. The van der Waals surface area contributed by atoms with Gasteiger partial charge in [-0.15, -0.1) is 0 Å². The summed E-state index contributed by atoms with van der Waals surface area (Å²) in [5.41, 5.74) is 0. The molecule has 0 aromatic rings. The van der Waals surface area contributed by atoms with Gasteiger partial charge in [-0.25, -0.2) is 0 Å². The van der Waals surface area contributed by atoms with Crippen LogP contribution in [0.1, 0.15) is 46.5 Å². The summed E-state index contributed by atoms with van der Waals surface area (Å²) in [7, 11) is 0. The first kappa shape index (κ1) is 17.4. The van der Waals surface area contributed by atoms with Crippen LogP contribution in [0.25, 0.3) is 0 Å². The summed E-state index contributed by atoms with van der Waals surface area (Å²) in [6.45, 7) is 9.62. The third-order valence-corrected chi connectivity index (χ3v) is 2.69. The molecule has 1 radical (unpaired) electrons. The van der Waals surface area contributed by atoms with E-state index >= 15 is 0 Å². The van der Waals surface area contributed by atoms with E-state index in [0.29, 0.717) is 26.4 Å². The SMILES string of the molecule is CCCCC(CC)C(=O)O[CH]COCCOCC. The van der Waals surface area contributed by atoms with E-state index < -0.39 is 0 Å². The monoisotopic (exact) mass is 259 g/mol. The normalized spacial score (nSPS) is 12.4. The van der Waals surface area contributed by atoms with Crippen LogP contribution in [-0.2, 0) is 19.0 Å². The van der Waals surface area contributed by atoms with Crippen LogP contribution in [0.4, 0.5) is 0 Å². The maximum absolute atomic E-state index is 11.7. The lowest BCUT2D eigenvalue weighted by Gasteiger charge is -2.13. The van der Waals surface area contributed by atoms with Crippen molar-refractivity contribution in [1.82, 2.24) is 0 Å². The average molecular weight is 259 g/mol. The van der Waals surface area contributed by atoms with Crippen molar-refractivity contribution >= 4 is 5.97 Å². The van der Waals surface area contributed by atoms with Gasteiger partial charge in [0.2, 0.25) is 0 Å². The highest BCUT2D eigenvalue weighted by atomic mass is 16.6. The van der Waals surface area contributed by atoms with Gasteiger partial charge in [0, 0.05) is 6.61 Å². The number of hydrogen-bond donors (Lipinski definition) is 0. The molecular weight excluding hydrogens is 232 g/mol. The second-order valence-corrected chi connectivity index (χ2v) is 4.12. The van der Waals surface area contributed by atoms with Crippen LogP contribution in [0, 0.1) is 12.5 Å². The first-order valence-electron chi connectivity index (χ1n) is 6.93. The van der Waals surface area contributed by atoms with E-state index in [4.69, 9.17) is 14.2 Å². The maximum Gasteiger partial charge on any atom is 0.309 e. The van der Waals surface area contributed by atoms with E-state index in [2.05, 4.69) is 6.92 Å². The molecule has 1 unspecified atom stereocenters. The molecule has 0 aliphatic rings. The smallest absolute Gasteiger partial charge is 0.309 e. The van der Waals surface area contributed by atoms with Gasteiger partial charge in [0.1, 0.15) is 0 Å². The van der Waals surface area contributed by atoms with Gasteiger partial charge in [0.05, 0.1) is 25.7 Å². The Morgan fingerprint density at radius 1 is 1.17 bits per heavy atom. The molecule has 0 saturated heterocycles. The fourth-order valence-electron chi connectivity index (χ4n) is 1.55. The minimum atomic E-state index is -0.139. The van der Waals surface area contributed by atoms with Crippen molar-refractivity contribution in [3.63, 3.8) is 0 Å². The Balaban J connectivity index is 3.49. The van der Waals surface area contributed by atoms with E-state index in [0.717, 1.165) is 25.7 Å². The van der Waals surface area contributed by atoms with Crippen LogP contribution in [-0.4, -0.2) is 32.4 Å². The zero-order valence-corrected chi connectivity index (χ0v) is 11.9. The Kier molecular flexibility index (Phi) is 12.4. The van der Waals surface area contributed by atoms with Gasteiger partial charge in [-0.3, -0.25) is 4.79 Å². The molecule has 0 bridgehead atoms. The third-order valence-electron chi connectivity index (χ3n) is 2.69. The lowest BCUT2D eigenvalue weighted by Crippen LogP contribution is -2.17. The fourth-order valence-corrected chi connectivity index (χ4v) is 1.55. The Hall–Kier alpha value is -0.610. The number of ether oxygens (including phenoxy) is 3. The molecule has 0 rings (SSSR count). The molecule has 0 fully saturated rings. The molecule has 0 amide bonds. The van der Waals surface area contributed by atoms with Crippen LogP contribution >= 0.6 is 0 Å². The highest BCUT2D eigenvalue weighted by Gasteiger charge is 2.17. The van der Waals surface area contributed by atoms with Crippen LogP contribution in [0.3, 0.4) is 0 Å².